The van der Waals surface area contributed by atoms with Gasteiger partial charge in [0, 0.05) is 25.7 Å². The van der Waals surface area contributed by atoms with Crippen LogP contribution in [0.25, 0.3) is 0 Å². The minimum absolute atomic E-state index is 0.0397. The summed E-state index contributed by atoms with van der Waals surface area (Å²) < 4.78 is 4.47. The van der Waals surface area contributed by atoms with E-state index in [1.807, 2.05) is 0 Å². The Morgan fingerprint density at radius 2 is 1.53 bits per heavy atom. The van der Waals surface area contributed by atoms with E-state index in [0.29, 0.717) is 38.5 Å². The number of ether oxygens (including phenoxy) is 1. The van der Waals surface area contributed by atoms with Crippen molar-refractivity contribution in [2.24, 2.45) is 0 Å². The second-order valence-corrected chi connectivity index (χ2v) is 3.52. The first-order valence-electron chi connectivity index (χ1n) is 5.14. The molecule has 0 saturated heterocycles. The fourth-order valence-corrected chi connectivity index (χ4v) is 1.13. The van der Waals surface area contributed by atoms with E-state index < -0.39 is 0 Å². The zero-order chi connectivity index (χ0) is 11.7. The Morgan fingerprint density at radius 1 is 0.933 bits per heavy atom. The SMILES string of the molecule is COC(=O)CCCCC(=O)CCC(C)=O. The van der Waals surface area contributed by atoms with E-state index in [0.717, 1.165) is 0 Å². The number of esters is 1. The maximum absolute atomic E-state index is 11.2. The van der Waals surface area contributed by atoms with Gasteiger partial charge in [0.25, 0.3) is 0 Å². The second kappa shape index (κ2) is 8.15. The zero-order valence-corrected chi connectivity index (χ0v) is 9.38. The topological polar surface area (TPSA) is 60.4 Å². The fraction of sp³-hybridized carbons (Fsp3) is 0.727. The molecule has 0 fully saturated rings. The maximum Gasteiger partial charge on any atom is 0.305 e. The molecular formula is C11H18O4. The third-order valence-corrected chi connectivity index (χ3v) is 2.07. The van der Waals surface area contributed by atoms with Crippen LogP contribution >= 0.6 is 0 Å². The van der Waals surface area contributed by atoms with Gasteiger partial charge in [-0.1, -0.05) is 0 Å². The van der Waals surface area contributed by atoms with Crippen molar-refractivity contribution in [3.8, 4) is 0 Å². The highest BCUT2D eigenvalue weighted by Gasteiger charge is 2.05. The lowest BCUT2D eigenvalue weighted by molar-refractivity contribution is -0.140. The average Bonchev–Trinajstić information content (AvgIpc) is 2.21. The molecule has 0 aliphatic heterocycles. The van der Waals surface area contributed by atoms with Gasteiger partial charge >= 0.3 is 5.97 Å². The summed E-state index contributed by atoms with van der Waals surface area (Å²) in [6, 6.07) is 0. The van der Waals surface area contributed by atoms with Crippen LogP contribution in [0.3, 0.4) is 0 Å². The lowest BCUT2D eigenvalue weighted by Crippen LogP contribution is -2.03. The van der Waals surface area contributed by atoms with Gasteiger partial charge in [-0.3, -0.25) is 9.59 Å². The predicted octanol–water partition coefficient (Wildman–Crippen LogP) is 1.66. The summed E-state index contributed by atoms with van der Waals surface area (Å²) in [6.07, 6.45) is 2.81. The van der Waals surface area contributed by atoms with Gasteiger partial charge < -0.3 is 9.53 Å². The van der Waals surface area contributed by atoms with Gasteiger partial charge in [0.15, 0.2) is 0 Å². The lowest BCUT2D eigenvalue weighted by atomic mass is 10.1. The highest BCUT2D eigenvalue weighted by Crippen LogP contribution is 2.05. The summed E-state index contributed by atoms with van der Waals surface area (Å²) in [4.78, 5) is 32.5. The molecule has 0 aliphatic carbocycles. The molecular weight excluding hydrogens is 196 g/mol. The first kappa shape index (κ1) is 13.8. The molecule has 0 saturated carbocycles. The molecule has 86 valence electrons. The van der Waals surface area contributed by atoms with Crippen molar-refractivity contribution in [1.29, 1.82) is 0 Å². The van der Waals surface area contributed by atoms with Crippen LogP contribution in [-0.2, 0) is 19.1 Å². The number of ketones is 2. The largest absolute Gasteiger partial charge is 0.469 e. The molecule has 0 radical (unpaired) electrons. The van der Waals surface area contributed by atoms with Crippen LogP contribution in [0, 0.1) is 0 Å². The third-order valence-electron chi connectivity index (χ3n) is 2.07. The Bertz CT molecular complexity index is 233. The number of unbranched alkanes of at least 4 members (excludes halogenated alkanes) is 1. The summed E-state index contributed by atoms with van der Waals surface area (Å²) in [5.41, 5.74) is 0. The molecule has 0 spiro atoms. The number of Topliss-reactive ketones (excluding diaryl/α,β-unsaturated/α-hetero) is 2. The van der Waals surface area contributed by atoms with Gasteiger partial charge in [0.05, 0.1) is 7.11 Å². The van der Waals surface area contributed by atoms with Crippen molar-refractivity contribution in [1.82, 2.24) is 0 Å². The molecule has 15 heavy (non-hydrogen) atoms. The Balaban J connectivity index is 3.39. The lowest BCUT2D eigenvalue weighted by Gasteiger charge is -1.99. The number of carbonyl (C=O) groups excluding carboxylic acids is 3. The molecule has 0 unspecified atom stereocenters. The van der Waals surface area contributed by atoms with Gasteiger partial charge in [-0.05, 0) is 19.8 Å². The van der Waals surface area contributed by atoms with Crippen LogP contribution in [0.1, 0.15) is 45.4 Å². The van der Waals surface area contributed by atoms with Gasteiger partial charge in [0.2, 0.25) is 0 Å². The van der Waals surface area contributed by atoms with Crippen molar-refractivity contribution in [2.75, 3.05) is 7.11 Å². The standard InChI is InChI=1S/C11H18O4/c1-9(12)7-8-10(13)5-3-4-6-11(14)15-2/h3-8H2,1-2H3. The van der Waals surface area contributed by atoms with Crippen molar-refractivity contribution < 1.29 is 19.1 Å². The first-order valence-corrected chi connectivity index (χ1v) is 5.14. The first-order chi connectivity index (χ1) is 7.06. The number of hydrogen-bond donors (Lipinski definition) is 0. The Morgan fingerprint density at radius 3 is 2.07 bits per heavy atom. The minimum Gasteiger partial charge on any atom is -0.469 e. The number of hydrogen-bond acceptors (Lipinski definition) is 4. The summed E-state index contributed by atoms with van der Waals surface area (Å²) in [5.74, 6) is -0.112. The van der Waals surface area contributed by atoms with E-state index in [1.165, 1.54) is 14.0 Å². The van der Waals surface area contributed by atoms with E-state index in [2.05, 4.69) is 4.74 Å². The van der Waals surface area contributed by atoms with Gasteiger partial charge in [-0.25, -0.2) is 0 Å². The van der Waals surface area contributed by atoms with Crippen LogP contribution in [0.2, 0.25) is 0 Å². The molecule has 0 N–H and O–H groups in total. The quantitative estimate of drug-likeness (QED) is 0.455. The Labute approximate surface area is 90.0 Å². The van der Waals surface area contributed by atoms with Crippen LogP contribution < -0.4 is 0 Å². The molecule has 0 atom stereocenters. The van der Waals surface area contributed by atoms with E-state index in [9.17, 15) is 14.4 Å². The monoisotopic (exact) mass is 214 g/mol. The van der Waals surface area contributed by atoms with E-state index in [1.54, 1.807) is 0 Å². The predicted molar refractivity (Wildman–Crippen MR) is 55.4 cm³/mol. The Kier molecular flexibility index (Phi) is 7.50. The van der Waals surface area contributed by atoms with Crippen molar-refractivity contribution >= 4 is 17.5 Å². The van der Waals surface area contributed by atoms with Gasteiger partial charge in [-0.2, -0.15) is 0 Å². The molecule has 0 rings (SSSR count). The number of rotatable bonds is 8. The number of methoxy groups -OCH3 is 1. The highest BCUT2D eigenvalue weighted by atomic mass is 16.5. The van der Waals surface area contributed by atoms with Crippen molar-refractivity contribution in [3.63, 3.8) is 0 Å². The molecule has 0 heterocycles. The summed E-state index contributed by atoms with van der Waals surface area (Å²) in [7, 11) is 1.35. The van der Waals surface area contributed by atoms with Crippen molar-refractivity contribution in [2.45, 2.75) is 45.4 Å². The van der Waals surface area contributed by atoms with Gasteiger partial charge in [0.1, 0.15) is 11.6 Å². The fourth-order valence-electron chi connectivity index (χ4n) is 1.13. The van der Waals surface area contributed by atoms with Crippen LogP contribution in [0.4, 0.5) is 0 Å². The molecule has 0 aliphatic rings. The number of carbonyl (C=O) groups is 3. The summed E-state index contributed by atoms with van der Waals surface area (Å²) in [5, 5.41) is 0. The van der Waals surface area contributed by atoms with Crippen LogP contribution in [-0.4, -0.2) is 24.6 Å². The van der Waals surface area contributed by atoms with E-state index in [4.69, 9.17) is 0 Å². The normalized spacial score (nSPS) is 9.73. The average molecular weight is 214 g/mol. The summed E-state index contributed by atoms with van der Waals surface area (Å²) in [6.45, 7) is 1.48. The minimum atomic E-state index is -0.244. The van der Waals surface area contributed by atoms with E-state index >= 15 is 0 Å². The molecule has 0 amide bonds. The maximum atomic E-state index is 11.2. The Hall–Kier alpha value is -1.19. The van der Waals surface area contributed by atoms with E-state index in [-0.39, 0.29) is 17.5 Å². The molecule has 4 nitrogen and oxygen atoms in total. The molecule has 0 aromatic heterocycles. The smallest absolute Gasteiger partial charge is 0.305 e. The van der Waals surface area contributed by atoms with Crippen molar-refractivity contribution in [3.05, 3.63) is 0 Å². The molecule has 0 aromatic carbocycles. The molecule has 4 heteroatoms. The van der Waals surface area contributed by atoms with Crippen LogP contribution in [0.15, 0.2) is 0 Å². The second-order valence-electron chi connectivity index (χ2n) is 3.52. The summed E-state index contributed by atoms with van der Waals surface area (Å²) >= 11 is 0. The zero-order valence-electron chi connectivity index (χ0n) is 9.38. The van der Waals surface area contributed by atoms with Crippen LogP contribution in [0.5, 0.6) is 0 Å². The van der Waals surface area contributed by atoms with Gasteiger partial charge in [-0.15, -0.1) is 0 Å². The third kappa shape index (κ3) is 9.12. The highest BCUT2D eigenvalue weighted by molar-refractivity contribution is 5.84. The molecule has 0 aromatic rings. The molecule has 0 bridgehead atoms.